The summed E-state index contributed by atoms with van der Waals surface area (Å²) in [6.45, 7) is 3.37. The number of amides is 1. The molecule has 0 radical (unpaired) electrons. The molecule has 5 rings (SSSR count). The van der Waals surface area contributed by atoms with Crippen LogP contribution in [-0.2, 0) is 28.4 Å². The van der Waals surface area contributed by atoms with Crippen molar-refractivity contribution in [3.05, 3.63) is 53.6 Å². The third kappa shape index (κ3) is 8.39. The monoisotopic (exact) mass is 698 g/mol. The lowest BCUT2D eigenvalue weighted by molar-refractivity contribution is -0.144. The second kappa shape index (κ2) is 14.5. The average molecular weight is 699 g/mol. The van der Waals surface area contributed by atoms with E-state index in [0.717, 1.165) is 0 Å². The predicted octanol–water partition coefficient (Wildman–Crippen LogP) is 6.30. The first-order valence-electron chi connectivity index (χ1n) is 16.0. The number of hydrogen-bond donors (Lipinski definition) is 1. The number of hydrogen-bond acceptors (Lipinski definition) is 9. The molecule has 2 fully saturated rings. The molecular weight excluding hydrogens is 662 g/mol. The number of aromatic nitrogens is 6. The van der Waals surface area contributed by atoms with Crippen LogP contribution in [0.25, 0.3) is 5.69 Å². The van der Waals surface area contributed by atoms with Gasteiger partial charge in [-0.2, -0.15) is 31.0 Å². The molecule has 2 aromatic heterocycles. The van der Waals surface area contributed by atoms with Crippen molar-refractivity contribution in [2.75, 3.05) is 4.90 Å². The summed E-state index contributed by atoms with van der Waals surface area (Å²) in [5.41, 5.74) is -2.73. The number of benzene rings is 1. The van der Waals surface area contributed by atoms with Crippen LogP contribution in [0.4, 0.5) is 37.1 Å². The van der Waals surface area contributed by atoms with E-state index in [0.29, 0.717) is 69.2 Å². The van der Waals surface area contributed by atoms with Gasteiger partial charge in [0.1, 0.15) is 18.1 Å². The zero-order valence-corrected chi connectivity index (χ0v) is 26.7. The molecule has 266 valence electrons. The molecular formula is C31H36F6N8O4. The summed E-state index contributed by atoms with van der Waals surface area (Å²) in [5, 5.41) is 20.2. The lowest BCUT2D eigenvalue weighted by Gasteiger charge is -2.47. The fourth-order valence-corrected chi connectivity index (χ4v) is 6.69. The lowest BCUT2D eigenvalue weighted by Crippen LogP contribution is -2.57. The van der Waals surface area contributed by atoms with Gasteiger partial charge in [0, 0.05) is 24.7 Å². The smallest absolute Gasteiger partial charge is 0.416 e. The molecule has 0 unspecified atom stereocenters. The SMILES string of the molecule is CC[C@@H]1C[C@H](N(Cc2cc(C(F)(F)F)cc(C(F)(F)F)c2)c2ncc(-n3cnnn3)cn2)C[C@H](CC)N1C(=O)O[C@H]1CC[C@H](C(=O)O)CC1. The van der Waals surface area contributed by atoms with E-state index in [9.17, 15) is 41.0 Å². The van der Waals surface area contributed by atoms with Crippen LogP contribution in [0.3, 0.4) is 0 Å². The quantitative estimate of drug-likeness (QED) is 0.254. The maximum absolute atomic E-state index is 13.8. The molecule has 49 heavy (non-hydrogen) atoms. The molecule has 1 aliphatic heterocycles. The summed E-state index contributed by atoms with van der Waals surface area (Å²) in [7, 11) is 0. The second-order valence-corrected chi connectivity index (χ2v) is 12.4. The van der Waals surface area contributed by atoms with Crippen molar-refractivity contribution in [2.45, 2.75) is 108 Å². The number of ether oxygens (including phenoxy) is 1. The number of anilines is 1. The van der Waals surface area contributed by atoms with E-state index < -0.39 is 53.6 Å². The van der Waals surface area contributed by atoms with Crippen molar-refractivity contribution in [1.82, 2.24) is 35.1 Å². The first kappa shape index (κ1) is 35.8. The highest BCUT2D eigenvalue weighted by Gasteiger charge is 2.42. The van der Waals surface area contributed by atoms with Crippen LogP contribution in [0.2, 0.25) is 0 Å². The van der Waals surface area contributed by atoms with Crippen LogP contribution in [0.5, 0.6) is 0 Å². The van der Waals surface area contributed by atoms with Gasteiger partial charge in [0.05, 0.1) is 29.4 Å². The Labute approximate surface area is 277 Å². The van der Waals surface area contributed by atoms with Gasteiger partial charge in [0.25, 0.3) is 0 Å². The van der Waals surface area contributed by atoms with E-state index in [-0.39, 0.29) is 36.2 Å². The number of piperidine rings is 1. The molecule has 1 saturated heterocycles. The first-order valence-corrected chi connectivity index (χ1v) is 16.0. The predicted molar refractivity (Wildman–Crippen MR) is 160 cm³/mol. The minimum atomic E-state index is -5.02. The standard InChI is InChI=1S/C31H36F6N8O4/c1-3-22-12-24(13-23(4-2)45(22)29(48)49-26-7-5-19(6-8-26)27(46)47)43(28-38-14-25(15-39-28)44-17-40-41-42-44)16-18-9-20(30(32,33)34)11-21(10-18)31(35,36)37/h9-11,14-15,17,19,22-24,26H,3-8,12-13,16H2,1-2H3,(H,46,47)/t19-,22-,23+,24+,26-. The Morgan fingerprint density at radius 2 is 1.49 bits per heavy atom. The van der Waals surface area contributed by atoms with Gasteiger partial charge in [-0.1, -0.05) is 13.8 Å². The molecule has 1 aromatic carbocycles. The Hall–Kier alpha value is -4.51. The van der Waals surface area contributed by atoms with Crippen molar-refractivity contribution >= 4 is 18.0 Å². The molecule has 12 nitrogen and oxygen atoms in total. The molecule has 18 heteroatoms. The number of rotatable bonds is 9. The van der Waals surface area contributed by atoms with E-state index in [1.807, 2.05) is 13.8 Å². The van der Waals surface area contributed by atoms with Crippen LogP contribution < -0.4 is 4.90 Å². The van der Waals surface area contributed by atoms with E-state index in [1.165, 1.54) is 23.4 Å². The van der Waals surface area contributed by atoms with E-state index in [4.69, 9.17) is 4.74 Å². The molecule has 3 atom stereocenters. The first-order chi connectivity index (χ1) is 23.2. The molecule has 1 saturated carbocycles. The number of carbonyl (C=O) groups excluding carboxylic acids is 1. The second-order valence-electron chi connectivity index (χ2n) is 12.4. The van der Waals surface area contributed by atoms with Gasteiger partial charge in [-0.05, 0) is 85.6 Å². The topological polar surface area (TPSA) is 139 Å². The number of alkyl halides is 6. The minimum absolute atomic E-state index is 0.0590. The summed E-state index contributed by atoms with van der Waals surface area (Å²) >= 11 is 0. The van der Waals surface area contributed by atoms with Crippen LogP contribution in [0, 0.1) is 5.92 Å². The minimum Gasteiger partial charge on any atom is -0.481 e. The van der Waals surface area contributed by atoms with Gasteiger partial charge in [0.2, 0.25) is 5.95 Å². The number of halogens is 6. The number of nitrogens with zero attached hydrogens (tertiary/aromatic N) is 8. The van der Waals surface area contributed by atoms with Gasteiger partial charge >= 0.3 is 24.4 Å². The molecule has 2 aliphatic rings. The number of carbonyl (C=O) groups is 2. The van der Waals surface area contributed by atoms with Gasteiger partial charge in [-0.25, -0.2) is 14.8 Å². The third-order valence-electron chi connectivity index (χ3n) is 9.26. The summed E-state index contributed by atoms with van der Waals surface area (Å²) in [6.07, 6.45) is -3.69. The van der Waals surface area contributed by atoms with Crippen LogP contribution in [0.15, 0.2) is 36.9 Å². The molecule has 1 N–H and O–H groups in total. The van der Waals surface area contributed by atoms with Crippen molar-refractivity contribution in [3.63, 3.8) is 0 Å². The zero-order valence-electron chi connectivity index (χ0n) is 26.7. The van der Waals surface area contributed by atoms with Crippen molar-refractivity contribution < 1.29 is 45.8 Å². The summed E-state index contributed by atoms with van der Waals surface area (Å²) in [5.74, 6) is -1.29. The molecule has 0 bridgehead atoms. The van der Waals surface area contributed by atoms with E-state index in [2.05, 4.69) is 25.5 Å². The van der Waals surface area contributed by atoms with E-state index >= 15 is 0 Å². The van der Waals surface area contributed by atoms with Gasteiger partial charge < -0.3 is 19.6 Å². The summed E-state index contributed by atoms with van der Waals surface area (Å²) in [6, 6.07) is 0.204. The fourth-order valence-electron chi connectivity index (χ4n) is 6.69. The van der Waals surface area contributed by atoms with Gasteiger partial charge in [-0.3, -0.25) is 4.79 Å². The van der Waals surface area contributed by atoms with Crippen molar-refractivity contribution in [2.24, 2.45) is 5.92 Å². The summed E-state index contributed by atoms with van der Waals surface area (Å²) in [4.78, 5) is 37.0. The Morgan fingerprint density at radius 3 is 1.96 bits per heavy atom. The highest BCUT2D eigenvalue weighted by molar-refractivity contribution is 5.70. The third-order valence-corrected chi connectivity index (χ3v) is 9.26. The molecule has 3 heterocycles. The Balaban J connectivity index is 1.45. The summed E-state index contributed by atoms with van der Waals surface area (Å²) < 4.78 is 89.7. The Bertz CT molecular complexity index is 1530. The maximum atomic E-state index is 13.8. The molecule has 0 spiro atoms. The molecule has 1 amide bonds. The number of carboxylic acid groups (broad SMARTS) is 1. The Kier molecular flexibility index (Phi) is 10.6. The highest BCUT2D eigenvalue weighted by Crippen LogP contribution is 2.38. The lowest BCUT2D eigenvalue weighted by atomic mass is 9.87. The number of carboxylic acids is 1. The van der Waals surface area contributed by atoms with Crippen LogP contribution >= 0.6 is 0 Å². The van der Waals surface area contributed by atoms with Crippen LogP contribution in [0.1, 0.15) is 81.9 Å². The van der Waals surface area contributed by atoms with Gasteiger partial charge in [-0.15, -0.1) is 5.10 Å². The average Bonchev–Trinajstić information content (AvgIpc) is 3.61. The van der Waals surface area contributed by atoms with E-state index in [1.54, 1.807) is 9.80 Å². The van der Waals surface area contributed by atoms with Crippen molar-refractivity contribution in [1.29, 1.82) is 0 Å². The normalized spacial score (nSPS) is 23.3. The van der Waals surface area contributed by atoms with Crippen LogP contribution in [-0.4, -0.2) is 76.5 Å². The number of likely N-dealkylation sites (tertiary alicyclic amines) is 1. The number of tetrazole rings is 1. The molecule has 3 aromatic rings. The number of aliphatic carboxylic acids is 1. The largest absolute Gasteiger partial charge is 0.481 e. The van der Waals surface area contributed by atoms with Crippen molar-refractivity contribution in [3.8, 4) is 5.69 Å². The fraction of sp³-hybridized carbons (Fsp3) is 0.581. The van der Waals surface area contributed by atoms with Gasteiger partial charge in [0.15, 0.2) is 0 Å². The highest BCUT2D eigenvalue weighted by atomic mass is 19.4. The maximum Gasteiger partial charge on any atom is 0.416 e. The Morgan fingerprint density at radius 1 is 0.918 bits per heavy atom. The molecule has 1 aliphatic carbocycles. The zero-order chi connectivity index (χ0) is 35.5.